The number of rotatable bonds is 2. The smallest absolute Gasteiger partial charge is 0.322 e. The van der Waals surface area contributed by atoms with Gasteiger partial charge in [-0.3, -0.25) is 9.69 Å². The van der Waals surface area contributed by atoms with E-state index in [2.05, 4.69) is 26.6 Å². The first-order chi connectivity index (χ1) is 9.11. The molecule has 1 aromatic rings. The number of nitrogens with one attached hydrogen (secondary N) is 2. The molecule has 2 aliphatic rings. The highest BCUT2D eigenvalue weighted by Gasteiger charge is 2.51. The first-order valence-corrected chi connectivity index (χ1v) is 7.86. The van der Waals surface area contributed by atoms with Crippen molar-refractivity contribution in [3.8, 4) is 0 Å². The van der Waals surface area contributed by atoms with E-state index in [9.17, 15) is 9.59 Å². The summed E-state index contributed by atoms with van der Waals surface area (Å²) in [4.78, 5) is 26.8. The summed E-state index contributed by atoms with van der Waals surface area (Å²) in [5.74, 6) is -0.103. The van der Waals surface area contributed by atoms with Gasteiger partial charge in [0.05, 0.1) is 6.54 Å². The fourth-order valence-electron chi connectivity index (χ4n) is 2.61. The number of piperidine rings is 1. The molecule has 5 nitrogen and oxygen atoms in total. The second kappa shape index (κ2) is 4.88. The highest BCUT2D eigenvalue weighted by Crippen LogP contribution is 2.28. The summed E-state index contributed by atoms with van der Waals surface area (Å²) in [5, 5.41) is 8.00. The molecule has 19 heavy (non-hydrogen) atoms. The number of carbonyl (C=O) groups excluding carboxylic acids is 2. The van der Waals surface area contributed by atoms with Gasteiger partial charge in [-0.05, 0) is 41.4 Å². The first-order valence-electron chi connectivity index (χ1n) is 6.18. The molecule has 3 heterocycles. The number of imide groups is 1. The average Bonchev–Trinajstić information content (AvgIpc) is 2.89. The van der Waals surface area contributed by atoms with Crippen LogP contribution < -0.4 is 10.6 Å². The van der Waals surface area contributed by atoms with E-state index >= 15 is 0 Å². The molecule has 7 heteroatoms. The average molecular weight is 344 g/mol. The van der Waals surface area contributed by atoms with Crippen LogP contribution in [-0.4, -0.2) is 35.5 Å². The number of hydrogen-bond donors (Lipinski definition) is 2. The van der Waals surface area contributed by atoms with Gasteiger partial charge >= 0.3 is 6.03 Å². The van der Waals surface area contributed by atoms with E-state index in [0.717, 1.165) is 28.7 Å². The fraction of sp³-hybridized carbons (Fsp3) is 0.500. The highest BCUT2D eigenvalue weighted by molar-refractivity contribution is 9.10. The van der Waals surface area contributed by atoms with Gasteiger partial charge in [-0.2, -0.15) is 0 Å². The molecule has 3 amide bonds. The van der Waals surface area contributed by atoms with Crippen molar-refractivity contribution in [1.82, 2.24) is 15.5 Å². The minimum atomic E-state index is -0.718. The summed E-state index contributed by atoms with van der Waals surface area (Å²) in [7, 11) is 0. The van der Waals surface area contributed by atoms with Crippen molar-refractivity contribution in [1.29, 1.82) is 0 Å². The van der Waals surface area contributed by atoms with Crippen molar-refractivity contribution in [2.24, 2.45) is 0 Å². The topological polar surface area (TPSA) is 61.4 Å². The highest BCUT2D eigenvalue weighted by atomic mass is 79.9. The number of halogens is 1. The predicted molar refractivity (Wildman–Crippen MR) is 75.9 cm³/mol. The quantitative estimate of drug-likeness (QED) is 0.803. The summed E-state index contributed by atoms with van der Waals surface area (Å²) in [5.41, 5.74) is -0.718. The van der Waals surface area contributed by atoms with Crippen LogP contribution in [0.15, 0.2) is 15.9 Å². The molecule has 2 fully saturated rings. The van der Waals surface area contributed by atoms with Gasteiger partial charge < -0.3 is 10.6 Å². The Labute approximate surface area is 123 Å². The lowest BCUT2D eigenvalue weighted by molar-refractivity contribution is -0.132. The largest absolute Gasteiger partial charge is 0.325 e. The van der Waals surface area contributed by atoms with E-state index < -0.39 is 5.54 Å². The summed E-state index contributed by atoms with van der Waals surface area (Å²) < 4.78 is 0.980. The fourth-order valence-corrected chi connectivity index (χ4v) is 4.05. The second-order valence-electron chi connectivity index (χ2n) is 4.92. The Kier molecular flexibility index (Phi) is 3.36. The van der Waals surface area contributed by atoms with Crippen molar-refractivity contribution in [3.63, 3.8) is 0 Å². The maximum atomic E-state index is 12.5. The van der Waals surface area contributed by atoms with Crippen LogP contribution in [0, 0.1) is 0 Å². The molecule has 0 saturated carbocycles. The number of urea groups is 1. The van der Waals surface area contributed by atoms with Crippen LogP contribution in [0.5, 0.6) is 0 Å². The number of carbonyl (C=O) groups is 2. The predicted octanol–water partition coefficient (Wildman–Crippen LogP) is 1.68. The van der Waals surface area contributed by atoms with Crippen LogP contribution in [0.1, 0.15) is 17.7 Å². The summed E-state index contributed by atoms with van der Waals surface area (Å²) >= 11 is 4.92. The number of hydrogen-bond acceptors (Lipinski definition) is 4. The second-order valence-corrected chi connectivity index (χ2v) is 6.83. The van der Waals surface area contributed by atoms with E-state index in [1.54, 1.807) is 0 Å². The minimum absolute atomic E-state index is 0.103. The first kappa shape index (κ1) is 13.1. The Morgan fingerprint density at radius 2 is 2.32 bits per heavy atom. The molecule has 2 saturated heterocycles. The molecule has 1 spiro atoms. The zero-order valence-electron chi connectivity index (χ0n) is 10.2. The van der Waals surface area contributed by atoms with Crippen LogP contribution >= 0.6 is 27.3 Å². The lowest BCUT2D eigenvalue weighted by atomic mass is 9.90. The molecule has 2 aliphatic heterocycles. The van der Waals surface area contributed by atoms with Gasteiger partial charge in [0.15, 0.2) is 0 Å². The Morgan fingerprint density at radius 3 is 2.95 bits per heavy atom. The molecule has 1 aromatic heterocycles. The SMILES string of the molecule is O=C1NC2(CCCNC2)C(=O)N1Cc1cc(Br)cs1. The van der Waals surface area contributed by atoms with E-state index in [1.807, 2.05) is 11.4 Å². The van der Waals surface area contributed by atoms with Crippen molar-refractivity contribution < 1.29 is 9.59 Å². The van der Waals surface area contributed by atoms with E-state index in [1.165, 1.54) is 16.2 Å². The lowest BCUT2D eigenvalue weighted by Gasteiger charge is -2.31. The molecule has 102 valence electrons. The van der Waals surface area contributed by atoms with Crippen molar-refractivity contribution >= 4 is 39.2 Å². The van der Waals surface area contributed by atoms with E-state index in [4.69, 9.17) is 0 Å². The van der Waals surface area contributed by atoms with Crippen LogP contribution in [0.25, 0.3) is 0 Å². The molecular weight excluding hydrogens is 330 g/mol. The maximum absolute atomic E-state index is 12.5. The molecule has 3 rings (SSSR count). The number of amides is 3. The van der Waals surface area contributed by atoms with Gasteiger partial charge in [-0.25, -0.2) is 4.79 Å². The van der Waals surface area contributed by atoms with Crippen molar-refractivity contribution in [2.45, 2.75) is 24.9 Å². The zero-order chi connectivity index (χ0) is 13.5. The molecule has 2 N–H and O–H groups in total. The standard InChI is InChI=1S/C12H14BrN3O2S/c13-8-4-9(19-6-8)5-16-10(17)12(15-11(16)18)2-1-3-14-7-12/h4,6,14H,1-3,5,7H2,(H,15,18). The van der Waals surface area contributed by atoms with E-state index in [-0.39, 0.29) is 11.9 Å². The number of thiophene rings is 1. The molecular formula is C12H14BrN3O2S. The molecule has 0 bridgehead atoms. The Hall–Kier alpha value is -0.920. The third-order valence-electron chi connectivity index (χ3n) is 3.57. The molecule has 1 atom stereocenters. The molecule has 0 aliphatic carbocycles. The number of nitrogens with zero attached hydrogens (tertiary/aromatic N) is 1. The van der Waals surface area contributed by atoms with Gasteiger partial charge in [0.1, 0.15) is 5.54 Å². The van der Waals surface area contributed by atoms with Crippen molar-refractivity contribution in [2.75, 3.05) is 13.1 Å². The van der Waals surface area contributed by atoms with Crippen LogP contribution in [0.3, 0.4) is 0 Å². The van der Waals surface area contributed by atoms with Gasteiger partial charge in [-0.15, -0.1) is 11.3 Å². The Morgan fingerprint density at radius 1 is 1.47 bits per heavy atom. The molecule has 0 radical (unpaired) electrons. The minimum Gasteiger partial charge on any atom is -0.322 e. The van der Waals surface area contributed by atoms with Gasteiger partial charge in [-0.1, -0.05) is 0 Å². The lowest BCUT2D eigenvalue weighted by Crippen LogP contribution is -2.57. The van der Waals surface area contributed by atoms with Gasteiger partial charge in [0, 0.05) is 21.3 Å². The van der Waals surface area contributed by atoms with E-state index in [0.29, 0.717) is 13.1 Å². The zero-order valence-corrected chi connectivity index (χ0v) is 12.6. The monoisotopic (exact) mass is 343 g/mol. The van der Waals surface area contributed by atoms with Crippen LogP contribution in [-0.2, 0) is 11.3 Å². The summed E-state index contributed by atoms with van der Waals surface area (Å²) in [6.07, 6.45) is 1.62. The summed E-state index contributed by atoms with van der Waals surface area (Å²) in [6, 6.07) is 1.66. The van der Waals surface area contributed by atoms with Crippen LogP contribution in [0.4, 0.5) is 4.79 Å². The summed E-state index contributed by atoms with van der Waals surface area (Å²) in [6.45, 7) is 1.79. The Balaban J connectivity index is 1.79. The third kappa shape index (κ3) is 2.30. The van der Waals surface area contributed by atoms with Crippen LogP contribution in [0.2, 0.25) is 0 Å². The third-order valence-corrected chi connectivity index (χ3v) is 5.25. The van der Waals surface area contributed by atoms with Crippen molar-refractivity contribution in [3.05, 3.63) is 20.8 Å². The van der Waals surface area contributed by atoms with Gasteiger partial charge in [0.2, 0.25) is 0 Å². The van der Waals surface area contributed by atoms with Gasteiger partial charge in [0.25, 0.3) is 5.91 Å². The molecule has 1 unspecified atom stereocenters. The molecule has 0 aromatic carbocycles. The normalized spacial score (nSPS) is 27.1. The maximum Gasteiger partial charge on any atom is 0.325 e. The Bertz CT molecular complexity index is 525.